The predicted molar refractivity (Wildman–Crippen MR) is 55.5 cm³/mol. The number of aliphatic hydroxyl groups is 1. The van der Waals surface area contributed by atoms with Crippen molar-refractivity contribution in [3.05, 3.63) is 24.0 Å². The number of hydrogen-bond acceptors (Lipinski definition) is 5. The standard InChI is InChI=1S/C10H16N2O3/c11-7-9-1-2-10(8-12-9)15-6-5-14-4-3-13/h1-2,8,13H,3-7,11H2. The molecule has 84 valence electrons. The molecule has 1 aromatic rings. The molecule has 1 heterocycles. The highest BCUT2D eigenvalue weighted by atomic mass is 16.5. The fraction of sp³-hybridized carbons (Fsp3) is 0.500. The van der Waals surface area contributed by atoms with E-state index in [1.807, 2.05) is 12.1 Å². The summed E-state index contributed by atoms with van der Waals surface area (Å²) < 4.78 is 10.4. The average molecular weight is 212 g/mol. The van der Waals surface area contributed by atoms with E-state index in [9.17, 15) is 0 Å². The van der Waals surface area contributed by atoms with Crippen molar-refractivity contribution in [3.63, 3.8) is 0 Å². The van der Waals surface area contributed by atoms with E-state index in [0.29, 0.717) is 32.1 Å². The highest BCUT2D eigenvalue weighted by molar-refractivity contribution is 5.19. The first kappa shape index (κ1) is 11.9. The van der Waals surface area contributed by atoms with Gasteiger partial charge in [-0.3, -0.25) is 4.98 Å². The first-order valence-corrected chi connectivity index (χ1v) is 4.83. The minimum atomic E-state index is 0.0345. The van der Waals surface area contributed by atoms with Crippen molar-refractivity contribution in [3.8, 4) is 5.75 Å². The van der Waals surface area contributed by atoms with E-state index < -0.39 is 0 Å². The number of nitrogens with two attached hydrogens (primary N) is 1. The minimum absolute atomic E-state index is 0.0345. The molecule has 0 fully saturated rings. The van der Waals surface area contributed by atoms with Crippen LogP contribution in [0, 0.1) is 0 Å². The largest absolute Gasteiger partial charge is 0.490 e. The number of aromatic nitrogens is 1. The summed E-state index contributed by atoms with van der Waals surface area (Å²) in [6.07, 6.45) is 1.63. The number of ether oxygens (including phenoxy) is 2. The van der Waals surface area contributed by atoms with E-state index in [4.69, 9.17) is 20.3 Å². The lowest BCUT2D eigenvalue weighted by Gasteiger charge is -2.06. The Morgan fingerprint density at radius 1 is 1.27 bits per heavy atom. The second kappa shape index (κ2) is 7.17. The smallest absolute Gasteiger partial charge is 0.137 e. The molecule has 0 saturated heterocycles. The Bertz CT molecular complexity index is 264. The Balaban J connectivity index is 2.20. The fourth-order valence-corrected chi connectivity index (χ4v) is 1.00. The normalized spacial score (nSPS) is 10.3. The topological polar surface area (TPSA) is 77.6 Å². The second-order valence-corrected chi connectivity index (χ2v) is 2.87. The Kier molecular flexibility index (Phi) is 5.69. The van der Waals surface area contributed by atoms with Crippen LogP contribution in [0.3, 0.4) is 0 Å². The Morgan fingerprint density at radius 3 is 2.73 bits per heavy atom. The molecule has 0 atom stereocenters. The summed E-state index contributed by atoms with van der Waals surface area (Å²) in [6.45, 7) is 1.71. The van der Waals surface area contributed by atoms with Crippen molar-refractivity contribution in [1.29, 1.82) is 0 Å². The van der Waals surface area contributed by atoms with Crippen LogP contribution in [0.2, 0.25) is 0 Å². The summed E-state index contributed by atoms with van der Waals surface area (Å²) in [5.41, 5.74) is 6.24. The molecule has 0 saturated carbocycles. The Hall–Kier alpha value is -1.17. The molecule has 0 aliphatic rings. The molecule has 3 N–H and O–H groups in total. The average Bonchev–Trinajstić information content (AvgIpc) is 2.30. The van der Waals surface area contributed by atoms with Gasteiger partial charge in [0, 0.05) is 6.54 Å². The molecular weight excluding hydrogens is 196 g/mol. The highest BCUT2D eigenvalue weighted by Gasteiger charge is 1.95. The zero-order valence-corrected chi connectivity index (χ0v) is 8.56. The van der Waals surface area contributed by atoms with Crippen LogP contribution >= 0.6 is 0 Å². The molecule has 1 rings (SSSR count). The highest BCUT2D eigenvalue weighted by Crippen LogP contribution is 2.08. The van der Waals surface area contributed by atoms with Gasteiger partial charge in [0.25, 0.3) is 0 Å². The zero-order valence-electron chi connectivity index (χ0n) is 8.56. The van der Waals surface area contributed by atoms with Crippen LogP contribution in [0.5, 0.6) is 5.75 Å². The van der Waals surface area contributed by atoms with Gasteiger partial charge >= 0.3 is 0 Å². The number of nitrogens with zero attached hydrogens (tertiary/aromatic N) is 1. The maximum Gasteiger partial charge on any atom is 0.137 e. The third-order valence-corrected chi connectivity index (χ3v) is 1.74. The molecule has 0 spiro atoms. The predicted octanol–water partition coefficient (Wildman–Crippen LogP) is -0.0720. The monoisotopic (exact) mass is 212 g/mol. The van der Waals surface area contributed by atoms with Crippen molar-refractivity contribution >= 4 is 0 Å². The van der Waals surface area contributed by atoms with Gasteiger partial charge in [0.2, 0.25) is 0 Å². The lowest BCUT2D eigenvalue weighted by molar-refractivity contribution is 0.0704. The Morgan fingerprint density at radius 2 is 2.13 bits per heavy atom. The second-order valence-electron chi connectivity index (χ2n) is 2.87. The van der Waals surface area contributed by atoms with Crippen molar-refractivity contribution in [2.45, 2.75) is 6.54 Å². The summed E-state index contributed by atoms with van der Waals surface area (Å²) in [4.78, 5) is 4.08. The number of hydrogen-bond donors (Lipinski definition) is 2. The van der Waals surface area contributed by atoms with Crippen molar-refractivity contribution in [2.75, 3.05) is 26.4 Å². The quantitative estimate of drug-likeness (QED) is 0.618. The van der Waals surface area contributed by atoms with Gasteiger partial charge in [-0.15, -0.1) is 0 Å². The molecule has 5 nitrogen and oxygen atoms in total. The van der Waals surface area contributed by atoms with E-state index in [-0.39, 0.29) is 6.61 Å². The summed E-state index contributed by atoms with van der Waals surface area (Å²) in [5, 5.41) is 8.45. The molecule has 0 aromatic carbocycles. The van der Waals surface area contributed by atoms with Crippen molar-refractivity contribution in [1.82, 2.24) is 4.98 Å². The number of rotatable bonds is 7. The van der Waals surface area contributed by atoms with Crippen LogP contribution in [0.25, 0.3) is 0 Å². The van der Waals surface area contributed by atoms with Crippen LogP contribution in [-0.2, 0) is 11.3 Å². The molecular formula is C10H16N2O3. The van der Waals surface area contributed by atoms with Gasteiger partial charge in [-0.1, -0.05) is 0 Å². The zero-order chi connectivity index (χ0) is 10.9. The summed E-state index contributed by atoms with van der Waals surface area (Å²) in [7, 11) is 0. The van der Waals surface area contributed by atoms with Gasteiger partial charge in [-0.05, 0) is 12.1 Å². The van der Waals surface area contributed by atoms with Gasteiger partial charge in [0.15, 0.2) is 0 Å². The minimum Gasteiger partial charge on any atom is -0.490 e. The third kappa shape index (κ3) is 4.73. The molecule has 0 unspecified atom stereocenters. The first-order chi connectivity index (χ1) is 7.36. The Labute approximate surface area is 88.8 Å². The molecule has 0 bridgehead atoms. The summed E-state index contributed by atoms with van der Waals surface area (Å²) in [6, 6.07) is 3.64. The lowest BCUT2D eigenvalue weighted by atomic mass is 10.3. The molecule has 15 heavy (non-hydrogen) atoms. The van der Waals surface area contributed by atoms with Gasteiger partial charge in [-0.25, -0.2) is 0 Å². The van der Waals surface area contributed by atoms with Crippen LogP contribution in [0.1, 0.15) is 5.69 Å². The van der Waals surface area contributed by atoms with Crippen LogP contribution < -0.4 is 10.5 Å². The van der Waals surface area contributed by atoms with E-state index in [1.54, 1.807) is 6.20 Å². The molecule has 0 aliphatic heterocycles. The summed E-state index contributed by atoms with van der Waals surface area (Å²) >= 11 is 0. The maximum atomic E-state index is 8.45. The van der Waals surface area contributed by atoms with Crippen molar-refractivity contribution in [2.24, 2.45) is 5.73 Å². The fourth-order valence-electron chi connectivity index (χ4n) is 1.00. The van der Waals surface area contributed by atoms with Gasteiger partial charge < -0.3 is 20.3 Å². The number of pyridine rings is 1. The van der Waals surface area contributed by atoms with Crippen molar-refractivity contribution < 1.29 is 14.6 Å². The maximum absolute atomic E-state index is 8.45. The van der Waals surface area contributed by atoms with Crippen LogP contribution in [0.15, 0.2) is 18.3 Å². The molecule has 5 heteroatoms. The van der Waals surface area contributed by atoms with E-state index in [2.05, 4.69) is 4.98 Å². The first-order valence-electron chi connectivity index (χ1n) is 4.83. The SMILES string of the molecule is NCc1ccc(OCCOCCO)cn1. The molecule has 1 aromatic heterocycles. The molecule has 0 amide bonds. The van der Waals surface area contributed by atoms with Crippen LogP contribution in [-0.4, -0.2) is 36.5 Å². The van der Waals surface area contributed by atoms with Gasteiger partial charge in [0.1, 0.15) is 12.4 Å². The van der Waals surface area contributed by atoms with E-state index in [1.165, 1.54) is 0 Å². The number of aliphatic hydroxyl groups excluding tert-OH is 1. The van der Waals surface area contributed by atoms with E-state index >= 15 is 0 Å². The van der Waals surface area contributed by atoms with Gasteiger partial charge in [0.05, 0.1) is 31.7 Å². The van der Waals surface area contributed by atoms with E-state index in [0.717, 1.165) is 5.69 Å². The third-order valence-electron chi connectivity index (χ3n) is 1.74. The summed E-state index contributed by atoms with van der Waals surface area (Å²) in [5.74, 6) is 0.694. The molecule has 0 radical (unpaired) electrons. The van der Waals surface area contributed by atoms with Crippen LogP contribution in [0.4, 0.5) is 0 Å². The lowest BCUT2D eigenvalue weighted by Crippen LogP contribution is -2.09. The van der Waals surface area contributed by atoms with Gasteiger partial charge in [-0.2, -0.15) is 0 Å². The molecule has 0 aliphatic carbocycles.